The third-order valence-electron chi connectivity index (χ3n) is 4.14. The van der Waals surface area contributed by atoms with Gasteiger partial charge in [-0.15, -0.1) is 23.4 Å². The minimum Gasteiger partial charge on any atom is -0.492 e. The number of ether oxygens (including phenoxy) is 2. The van der Waals surface area contributed by atoms with Gasteiger partial charge in [0.25, 0.3) is 0 Å². The van der Waals surface area contributed by atoms with Crippen LogP contribution >= 0.6 is 0 Å². The van der Waals surface area contributed by atoms with Crippen molar-refractivity contribution in [3.05, 3.63) is 35.9 Å². The van der Waals surface area contributed by atoms with Crippen molar-refractivity contribution in [1.82, 2.24) is 19.7 Å². The SMILES string of the molecule is Cc1nnc2n1CC(C(=O)O)N(CCOc1ccc(OC(F)(F)F)cc1)C2. The molecule has 0 fully saturated rings. The molecule has 146 valence electrons. The summed E-state index contributed by atoms with van der Waals surface area (Å²) >= 11 is 0. The van der Waals surface area contributed by atoms with Crippen molar-refractivity contribution in [2.75, 3.05) is 13.2 Å². The third-order valence-corrected chi connectivity index (χ3v) is 4.14. The number of benzene rings is 1. The normalized spacial score (nSPS) is 17.4. The number of rotatable bonds is 6. The molecule has 1 atom stereocenters. The van der Waals surface area contributed by atoms with Crippen LogP contribution in [0.1, 0.15) is 11.6 Å². The van der Waals surface area contributed by atoms with E-state index in [2.05, 4.69) is 14.9 Å². The molecule has 0 aliphatic carbocycles. The number of carbonyl (C=O) groups is 1. The molecular weight excluding hydrogens is 369 g/mol. The summed E-state index contributed by atoms with van der Waals surface area (Å²) < 4.78 is 47.5. The molecular formula is C16H17F3N4O4. The van der Waals surface area contributed by atoms with Crippen molar-refractivity contribution >= 4 is 5.97 Å². The highest BCUT2D eigenvalue weighted by Gasteiger charge is 2.33. The lowest BCUT2D eigenvalue weighted by molar-refractivity contribution is -0.274. The minimum atomic E-state index is -4.75. The van der Waals surface area contributed by atoms with Crippen LogP contribution in [-0.2, 0) is 17.9 Å². The summed E-state index contributed by atoms with van der Waals surface area (Å²) in [6.45, 7) is 2.80. The van der Waals surface area contributed by atoms with Crippen molar-refractivity contribution in [3.8, 4) is 11.5 Å². The Labute approximate surface area is 152 Å². The van der Waals surface area contributed by atoms with Crippen LogP contribution in [0.4, 0.5) is 13.2 Å². The molecule has 0 radical (unpaired) electrons. The molecule has 0 saturated carbocycles. The van der Waals surface area contributed by atoms with E-state index in [1.54, 1.807) is 16.4 Å². The molecule has 2 aromatic rings. The number of aliphatic carboxylic acids is 1. The first-order chi connectivity index (χ1) is 12.7. The molecule has 1 aromatic carbocycles. The van der Waals surface area contributed by atoms with Gasteiger partial charge in [0.05, 0.1) is 13.1 Å². The van der Waals surface area contributed by atoms with E-state index >= 15 is 0 Å². The Morgan fingerprint density at radius 1 is 1.26 bits per heavy atom. The summed E-state index contributed by atoms with van der Waals surface area (Å²) in [5.74, 6) is 0.397. The molecule has 1 aliphatic rings. The first-order valence-electron chi connectivity index (χ1n) is 8.07. The standard InChI is InChI=1S/C16H17F3N4O4/c1-10-20-21-14-9-22(13(15(24)25)8-23(10)14)6-7-26-11-2-4-12(5-3-11)27-16(17,18)19/h2-5,13H,6-9H2,1H3,(H,24,25). The number of aryl methyl sites for hydroxylation is 1. The maximum absolute atomic E-state index is 12.1. The second-order valence-corrected chi connectivity index (χ2v) is 5.97. The second kappa shape index (κ2) is 7.43. The number of carboxylic acids is 1. The third kappa shape index (κ3) is 4.67. The van der Waals surface area contributed by atoms with Gasteiger partial charge in [-0.25, -0.2) is 0 Å². The highest BCUT2D eigenvalue weighted by atomic mass is 19.4. The highest BCUT2D eigenvalue weighted by molar-refractivity contribution is 5.73. The lowest BCUT2D eigenvalue weighted by atomic mass is 10.2. The van der Waals surface area contributed by atoms with E-state index in [-0.39, 0.29) is 18.9 Å². The topological polar surface area (TPSA) is 89.7 Å². The van der Waals surface area contributed by atoms with Gasteiger partial charge in [-0.05, 0) is 31.2 Å². The molecule has 1 unspecified atom stereocenters. The Morgan fingerprint density at radius 2 is 1.93 bits per heavy atom. The highest BCUT2D eigenvalue weighted by Crippen LogP contribution is 2.25. The number of hydrogen-bond acceptors (Lipinski definition) is 6. The lowest BCUT2D eigenvalue weighted by Gasteiger charge is -2.33. The van der Waals surface area contributed by atoms with Gasteiger partial charge in [0.1, 0.15) is 35.8 Å². The van der Waals surface area contributed by atoms with Crippen molar-refractivity contribution in [3.63, 3.8) is 0 Å². The average Bonchev–Trinajstić information content (AvgIpc) is 2.94. The van der Waals surface area contributed by atoms with E-state index in [0.29, 0.717) is 30.5 Å². The van der Waals surface area contributed by atoms with Gasteiger partial charge in [0, 0.05) is 6.54 Å². The molecule has 3 rings (SSSR count). The summed E-state index contributed by atoms with van der Waals surface area (Å²) in [5.41, 5.74) is 0. The number of halogens is 3. The summed E-state index contributed by atoms with van der Waals surface area (Å²) in [7, 11) is 0. The maximum atomic E-state index is 12.1. The predicted octanol–water partition coefficient (Wildman–Crippen LogP) is 1.83. The number of hydrogen-bond donors (Lipinski definition) is 1. The zero-order chi connectivity index (χ0) is 19.6. The minimum absolute atomic E-state index is 0.163. The molecule has 2 heterocycles. The first kappa shape index (κ1) is 19.0. The quantitative estimate of drug-likeness (QED) is 0.810. The Hall–Kier alpha value is -2.82. The molecule has 0 saturated heterocycles. The van der Waals surface area contributed by atoms with E-state index in [4.69, 9.17) is 4.74 Å². The van der Waals surface area contributed by atoms with Gasteiger partial charge >= 0.3 is 12.3 Å². The Kier molecular flexibility index (Phi) is 5.22. The van der Waals surface area contributed by atoms with Crippen LogP contribution in [0.15, 0.2) is 24.3 Å². The smallest absolute Gasteiger partial charge is 0.492 e. The molecule has 0 amide bonds. The summed E-state index contributed by atoms with van der Waals surface area (Å²) in [6.07, 6.45) is -4.75. The van der Waals surface area contributed by atoms with Gasteiger partial charge in [-0.3, -0.25) is 9.69 Å². The molecule has 8 nitrogen and oxygen atoms in total. The van der Waals surface area contributed by atoms with Crippen LogP contribution in [0.3, 0.4) is 0 Å². The van der Waals surface area contributed by atoms with Crippen LogP contribution in [0.5, 0.6) is 11.5 Å². The van der Waals surface area contributed by atoms with E-state index in [9.17, 15) is 23.1 Å². The molecule has 1 aliphatic heterocycles. The fourth-order valence-electron chi connectivity index (χ4n) is 2.85. The Morgan fingerprint density at radius 3 is 2.56 bits per heavy atom. The van der Waals surface area contributed by atoms with Crippen LogP contribution in [0.2, 0.25) is 0 Å². The van der Waals surface area contributed by atoms with Gasteiger partial charge < -0.3 is 19.1 Å². The van der Waals surface area contributed by atoms with Crippen molar-refractivity contribution in [2.45, 2.75) is 32.4 Å². The average molecular weight is 386 g/mol. The molecule has 0 bridgehead atoms. The first-order valence-corrected chi connectivity index (χ1v) is 8.07. The summed E-state index contributed by atoms with van der Waals surface area (Å²) in [6, 6.07) is 4.26. The van der Waals surface area contributed by atoms with E-state index in [1.165, 1.54) is 12.1 Å². The zero-order valence-electron chi connectivity index (χ0n) is 14.3. The predicted molar refractivity (Wildman–Crippen MR) is 85.2 cm³/mol. The van der Waals surface area contributed by atoms with Gasteiger partial charge in [-0.1, -0.05) is 0 Å². The van der Waals surface area contributed by atoms with Gasteiger partial charge in [-0.2, -0.15) is 0 Å². The van der Waals surface area contributed by atoms with Crippen LogP contribution in [0.25, 0.3) is 0 Å². The monoisotopic (exact) mass is 386 g/mol. The fourth-order valence-corrected chi connectivity index (χ4v) is 2.85. The lowest BCUT2D eigenvalue weighted by Crippen LogP contribution is -2.49. The summed E-state index contributed by atoms with van der Waals surface area (Å²) in [4.78, 5) is 13.3. The number of aromatic nitrogens is 3. The van der Waals surface area contributed by atoms with Gasteiger partial charge in [0.2, 0.25) is 0 Å². The number of fused-ring (bicyclic) bond motifs is 1. The van der Waals surface area contributed by atoms with E-state index < -0.39 is 18.4 Å². The molecule has 0 spiro atoms. The zero-order valence-corrected chi connectivity index (χ0v) is 14.3. The van der Waals surface area contributed by atoms with Crippen molar-refractivity contribution in [1.29, 1.82) is 0 Å². The Bertz CT molecular complexity index is 807. The van der Waals surface area contributed by atoms with Crippen LogP contribution in [-0.4, -0.2) is 56.3 Å². The molecule has 1 N–H and O–H groups in total. The molecule has 11 heteroatoms. The second-order valence-electron chi connectivity index (χ2n) is 5.97. The largest absolute Gasteiger partial charge is 0.573 e. The molecule has 1 aromatic heterocycles. The number of carboxylic acid groups (broad SMARTS) is 1. The van der Waals surface area contributed by atoms with Crippen molar-refractivity contribution in [2.24, 2.45) is 0 Å². The van der Waals surface area contributed by atoms with Gasteiger partial charge in [0.15, 0.2) is 0 Å². The van der Waals surface area contributed by atoms with Crippen LogP contribution in [0, 0.1) is 6.92 Å². The number of alkyl halides is 3. The molecule has 27 heavy (non-hydrogen) atoms. The van der Waals surface area contributed by atoms with E-state index in [1.807, 2.05) is 0 Å². The Balaban J connectivity index is 1.57. The fraction of sp³-hybridized carbons (Fsp3) is 0.438. The van der Waals surface area contributed by atoms with Crippen LogP contribution < -0.4 is 9.47 Å². The van der Waals surface area contributed by atoms with Crippen molar-refractivity contribution < 1.29 is 32.5 Å². The summed E-state index contributed by atoms with van der Waals surface area (Å²) in [5, 5.41) is 17.5. The number of nitrogens with zero attached hydrogens (tertiary/aromatic N) is 4. The van der Waals surface area contributed by atoms with E-state index in [0.717, 1.165) is 12.1 Å². The maximum Gasteiger partial charge on any atom is 0.573 e.